The van der Waals surface area contributed by atoms with Gasteiger partial charge in [-0.05, 0) is 35.6 Å². The molecule has 0 saturated carbocycles. The van der Waals surface area contributed by atoms with E-state index in [4.69, 9.17) is 0 Å². The lowest BCUT2D eigenvalue weighted by atomic mass is 9.85. The second kappa shape index (κ2) is 4.56. The summed E-state index contributed by atoms with van der Waals surface area (Å²) in [5.41, 5.74) is 4.25. The Labute approximate surface area is 97.2 Å². The fourth-order valence-corrected chi connectivity index (χ4v) is 1.62. The van der Waals surface area contributed by atoms with Gasteiger partial charge in [0.2, 0.25) is 6.41 Å². The summed E-state index contributed by atoms with van der Waals surface area (Å²) in [5, 5.41) is 5.89. The maximum atomic E-state index is 10.6. The Balaban J connectivity index is 3.33. The maximum absolute atomic E-state index is 10.6. The van der Waals surface area contributed by atoms with Gasteiger partial charge in [0.25, 0.3) is 0 Å². The molecule has 1 rings (SSSR count). The molecule has 1 aromatic rings. The third-order valence-electron chi connectivity index (χ3n) is 2.76. The fourth-order valence-electron chi connectivity index (χ4n) is 1.62. The molecule has 0 saturated heterocycles. The lowest BCUT2D eigenvalue weighted by Crippen LogP contribution is -2.13. The van der Waals surface area contributed by atoms with Gasteiger partial charge in [0.1, 0.15) is 0 Å². The first-order valence-corrected chi connectivity index (χ1v) is 5.43. The van der Waals surface area contributed by atoms with E-state index >= 15 is 0 Å². The average molecular weight is 220 g/mol. The summed E-state index contributed by atoms with van der Waals surface area (Å²) in [4.78, 5) is 10.6. The van der Waals surface area contributed by atoms with E-state index in [2.05, 4.69) is 37.5 Å². The highest BCUT2D eigenvalue weighted by atomic mass is 16.1. The van der Waals surface area contributed by atoms with Crippen molar-refractivity contribution in [1.82, 2.24) is 0 Å². The zero-order chi connectivity index (χ0) is 12.3. The molecule has 2 N–H and O–H groups in total. The summed E-state index contributed by atoms with van der Waals surface area (Å²) in [7, 11) is 1.89. The Morgan fingerprint density at radius 3 is 2.19 bits per heavy atom. The SMILES string of the molecule is CNc1cc(C(C)(C)C)cc(NC=O)c1C. The number of carbonyl (C=O) groups excluding carboxylic acids is 1. The van der Waals surface area contributed by atoms with Crippen LogP contribution >= 0.6 is 0 Å². The molecule has 0 unspecified atom stereocenters. The fraction of sp³-hybridized carbons (Fsp3) is 0.462. The second-order valence-corrected chi connectivity index (χ2v) is 4.96. The van der Waals surface area contributed by atoms with Gasteiger partial charge in [-0.25, -0.2) is 0 Å². The molecule has 0 radical (unpaired) electrons. The highest BCUT2D eigenvalue weighted by Gasteiger charge is 2.16. The van der Waals surface area contributed by atoms with Crippen LogP contribution in [0.3, 0.4) is 0 Å². The molecule has 0 bridgehead atoms. The van der Waals surface area contributed by atoms with Gasteiger partial charge < -0.3 is 10.6 Å². The number of benzene rings is 1. The molecule has 0 fully saturated rings. The number of hydrogen-bond acceptors (Lipinski definition) is 2. The van der Waals surface area contributed by atoms with Gasteiger partial charge in [-0.2, -0.15) is 0 Å². The van der Waals surface area contributed by atoms with Crippen LogP contribution in [0, 0.1) is 6.92 Å². The summed E-state index contributed by atoms with van der Waals surface area (Å²) in [6.45, 7) is 8.45. The van der Waals surface area contributed by atoms with E-state index < -0.39 is 0 Å². The number of hydrogen-bond donors (Lipinski definition) is 2. The van der Waals surface area contributed by atoms with Crippen LogP contribution in [0.5, 0.6) is 0 Å². The van der Waals surface area contributed by atoms with Crippen LogP contribution in [-0.4, -0.2) is 13.5 Å². The van der Waals surface area contributed by atoms with Crippen LogP contribution in [0.4, 0.5) is 11.4 Å². The smallest absolute Gasteiger partial charge is 0.211 e. The number of nitrogens with one attached hydrogen (secondary N) is 2. The van der Waals surface area contributed by atoms with E-state index in [1.54, 1.807) is 0 Å². The Hall–Kier alpha value is -1.51. The highest BCUT2D eigenvalue weighted by molar-refractivity contribution is 5.78. The summed E-state index contributed by atoms with van der Waals surface area (Å²) in [6, 6.07) is 4.16. The summed E-state index contributed by atoms with van der Waals surface area (Å²) in [6.07, 6.45) is 0.716. The van der Waals surface area contributed by atoms with E-state index in [0.717, 1.165) is 16.9 Å². The molecule has 0 aliphatic heterocycles. The first-order chi connectivity index (χ1) is 7.40. The minimum absolute atomic E-state index is 0.0681. The van der Waals surface area contributed by atoms with Gasteiger partial charge in [0.05, 0.1) is 0 Å². The van der Waals surface area contributed by atoms with Crippen molar-refractivity contribution in [2.24, 2.45) is 0 Å². The Kier molecular flexibility index (Phi) is 3.58. The molecule has 0 aliphatic carbocycles. The number of amides is 1. The molecule has 0 aromatic heterocycles. The first-order valence-electron chi connectivity index (χ1n) is 5.43. The molecule has 88 valence electrons. The Morgan fingerprint density at radius 1 is 1.19 bits per heavy atom. The van der Waals surface area contributed by atoms with Crippen LogP contribution in [-0.2, 0) is 10.2 Å². The molecule has 16 heavy (non-hydrogen) atoms. The van der Waals surface area contributed by atoms with Crippen molar-refractivity contribution in [3.8, 4) is 0 Å². The molecule has 0 heterocycles. The molecule has 0 aliphatic rings. The standard InChI is InChI=1S/C13H20N2O/c1-9-11(14-5)6-10(13(2,3)4)7-12(9)15-8-16/h6-8,14H,1-5H3,(H,15,16). The monoisotopic (exact) mass is 220 g/mol. The number of anilines is 2. The molecule has 0 atom stereocenters. The van der Waals surface area contributed by atoms with Crippen molar-refractivity contribution in [2.45, 2.75) is 33.1 Å². The quantitative estimate of drug-likeness (QED) is 0.769. The second-order valence-electron chi connectivity index (χ2n) is 4.96. The van der Waals surface area contributed by atoms with Crippen molar-refractivity contribution < 1.29 is 4.79 Å². The van der Waals surface area contributed by atoms with Crippen molar-refractivity contribution in [2.75, 3.05) is 17.7 Å². The molecular formula is C13H20N2O. The first kappa shape index (κ1) is 12.6. The van der Waals surface area contributed by atoms with Gasteiger partial charge >= 0.3 is 0 Å². The largest absolute Gasteiger partial charge is 0.388 e. The summed E-state index contributed by atoms with van der Waals surface area (Å²) < 4.78 is 0. The Bertz CT molecular complexity index is 392. The maximum Gasteiger partial charge on any atom is 0.211 e. The molecule has 3 heteroatoms. The van der Waals surface area contributed by atoms with E-state index in [1.807, 2.05) is 20.0 Å². The van der Waals surface area contributed by atoms with Crippen molar-refractivity contribution >= 4 is 17.8 Å². The van der Waals surface area contributed by atoms with Crippen LogP contribution < -0.4 is 10.6 Å². The number of carbonyl (C=O) groups is 1. The zero-order valence-corrected chi connectivity index (χ0v) is 10.6. The van der Waals surface area contributed by atoms with E-state index in [1.165, 1.54) is 5.56 Å². The zero-order valence-electron chi connectivity index (χ0n) is 10.6. The van der Waals surface area contributed by atoms with E-state index in [0.29, 0.717) is 6.41 Å². The van der Waals surface area contributed by atoms with E-state index in [9.17, 15) is 4.79 Å². The topological polar surface area (TPSA) is 41.1 Å². The van der Waals surface area contributed by atoms with Crippen LogP contribution in [0.25, 0.3) is 0 Å². The van der Waals surface area contributed by atoms with Crippen LogP contribution in [0.2, 0.25) is 0 Å². The van der Waals surface area contributed by atoms with Gasteiger partial charge in [-0.15, -0.1) is 0 Å². The van der Waals surface area contributed by atoms with Gasteiger partial charge in [-0.3, -0.25) is 4.79 Å². The lowest BCUT2D eigenvalue weighted by Gasteiger charge is -2.22. The molecule has 1 amide bonds. The third-order valence-corrected chi connectivity index (χ3v) is 2.76. The lowest BCUT2D eigenvalue weighted by molar-refractivity contribution is -0.105. The number of rotatable bonds is 3. The van der Waals surface area contributed by atoms with Crippen molar-refractivity contribution in [3.63, 3.8) is 0 Å². The predicted octanol–water partition coefficient (Wildman–Crippen LogP) is 2.90. The van der Waals surface area contributed by atoms with Crippen molar-refractivity contribution in [1.29, 1.82) is 0 Å². The van der Waals surface area contributed by atoms with Crippen LogP contribution in [0.15, 0.2) is 12.1 Å². The molecule has 3 nitrogen and oxygen atoms in total. The normalized spacial score (nSPS) is 11.1. The minimum Gasteiger partial charge on any atom is -0.388 e. The van der Waals surface area contributed by atoms with Gasteiger partial charge in [0.15, 0.2) is 0 Å². The summed E-state index contributed by atoms with van der Waals surface area (Å²) in [5.74, 6) is 0. The summed E-state index contributed by atoms with van der Waals surface area (Å²) >= 11 is 0. The van der Waals surface area contributed by atoms with Crippen LogP contribution in [0.1, 0.15) is 31.9 Å². The van der Waals surface area contributed by atoms with Gasteiger partial charge in [-0.1, -0.05) is 20.8 Å². The van der Waals surface area contributed by atoms with Crippen molar-refractivity contribution in [3.05, 3.63) is 23.3 Å². The predicted molar refractivity (Wildman–Crippen MR) is 69.1 cm³/mol. The average Bonchev–Trinajstić information content (AvgIpc) is 2.19. The van der Waals surface area contributed by atoms with Gasteiger partial charge in [0, 0.05) is 18.4 Å². The minimum atomic E-state index is 0.0681. The molecule has 1 aromatic carbocycles. The molecular weight excluding hydrogens is 200 g/mol. The third kappa shape index (κ3) is 2.54. The Morgan fingerprint density at radius 2 is 1.75 bits per heavy atom. The van der Waals surface area contributed by atoms with E-state index in [-0.39, 0.29) is 5.41 Å². The molecule has 0 spiro atoms. The highest BCUT2D eigenvalue weighted by Crippen LogP contribution is 2.31.